The van der Waals surface area contributed by atoms with Crippen molar-refractivity contribution >= 4 is 0 Å². The molecule has 1 unspecified atom stereocenters. The van der Waals surface area contributed by atoms with Crippen LogP contribution in [-0.2, 0) is 11.3 Å². The van der Waals surface area contributed by atoms with Gasteiger partial charge in [-0.05, 0) is 31.9 Å². The summed E-state index contributed by atoms with van der Waals surface area (Å²) < 4.78 is 5.76. The Balaban J connectivity index is 1.55. The van der Waals surface area contributed by atoms with Gasteiger partial charge in [0.2, 0.25) is 0 Å². The molecule has 2 rings (SSSR count). The Morgan fingerprint density at radius 1 is 1.26 bits per heavy atom. The lowest BCUT2D eigenvalue weighted by Gasteiger charge is -2.27. The third-order valence-electron chi connectivity index (χ3n) is 3.63. The molecule has 0 aliphatic carbocycles. The first-order valence-corrected chi connectivity index (χ1v) is 7.39. The molecule has 3 nitrogen and oxygen atoms in total. The Hall–Kier alpha value is -0.900. The van der Waals surface area contributed by atoms with Crippen molar-refractivity contribution in [2.75, 3.05) is 33.3 Å². The average Bonchev–Trinajstić information content (AvgIpc) is 2.46. The normalized spacial score (nSPS) is 19.8. The van der Waals surface area contributed by atoms with Gasteiger partial charge in [-0.3, -0.25) is 0 Å². The van der Waals surface area contributed by atoms with Crippen molar-refractivity contribution in [2.45, 2.75) is 31.9 Å². The van der Waals surface area contributed by atoms with Crippen molar-refractivity contribution in [1.82, 2.24) is 10.2 Å². The van der Waals surface area contributed by atoms with E-state index in [0.717, 1.165) is 32.8 Å². The van der Waals surface area contributed by atoms with Gasteiger partial charge >= 0.3 is 0 Å². The van der Waals surface area contributed by atoms with Crippen LogP contribution in [0.5, 0.6) is 0 Å². The molecule has 1 fully saturated rings. The number of benzene rings is 1. The predicted octanol–water partition coefficient (Wildman–Crippen LogP) is 2.28. The van der Waals surface area contributed by atoms with Crippen LogP contribution >= 0.6 is 0 Å². The summed E-state index contributed by atoms with van der Waals surface area (Å²) in [6.07, 6.45) is 4.23. The highest BCUT2D eigenvalue weighted by Crippen LogP contribution is 2.13. The topological polar surface area (TPSA) is 24.5 Å². The van der Waals surface area contributed by atoms with E-state index in [1.165, 1.54) is 24.8 Å². The van der Waals surface area contributed by atoms with E-state index in [9.17, 15) is 0 Å². The van der Waals surface area contributed by atoms with Crippen molar-refractivity contribution in [1.29, 1.82) is 0 Å². The number of nitrogens with zero attached hydrogens (tertiary/aromatic N) is 1. The monoisotopic (exact) mass is 262 g/mol. The number of ether oxygens (including phenoxy) is 1. The fourth-order valence-electron chi connectivity index (χ4n) is 2.49. The third-order valence-corrected chi connectivity index (χ3v) is 3.63. The Labute approximate surface area is 116 Å². The van der Waals surface area contributed by atoms with E-state index in [4.69, 9.17) is 4.74 Å². The van der Waals surface area contributed by atoms with Gasteiger partial charge in [0.15, 0.2) is 0 Å². The molecule has 1 aliphatic rings. The van der Waals surface area contributed by atoms with E-state index in [1.807, 2.05) is 0 Å². The first-order valence-electron chi connectivity index (χ1n) is 7.39. The first-order chi connectivity index (χ1) is 9.34. The van der Waals surface area contributed by atoms with Crippen LogP contribution in [0.25, 0.3) is 0 Å². The lowest BCUT2D eigenvalue weighted by molar-refractivity contribution is -0.00123. The molecule has 0 bridgehead atoms. The van der Waals surface area contributed by atoms with Crippen molar-refractivity contribution in [3.63, 3.8) is 0 Å². The molecule has 19 heavy (non-hydrogen) atoms. The molecule has 0 aromatic heterocycles. The van der Waals surface area contributed by atoms with Crippen LogP contribution in [-0.4, -0.2) is 44.3 Å². The zero-order valence-electron chi connectivity index (χ0n) is 12.0. The maximum Gasteiger partial charge on any atom is 0.0701 e. The fourth-order valence-corrected chi connectivity index (χ4v) is 2.49. The molecular formula is C16H26N2O. The summed E-state index contributed by atoms with van der Waals surface area (Å²) in [4.78, 5) is 2.37. The molecule has 1 heterocycles. The third kappa shape index (κ3) is 5.72. The molecule has 1 aromatic carbocycles. The van der Waals surface area contributed by atoms with Gasteiger partial charge in [-0.2, -0.15) is 0 Å². The van der Waals surface area contributed by atoms with Gasteiger partial charge in [-0.15, -0.1) is 0 Å². The van der Waals surface area contributed by atoms with Crippen LogP contribution in [0.15, 0.2) is 30.3 Å². The van der Waals surface area contributed by atoms with Crippen LogP contribution < -0.4 is 5.32 Å². The number of likely N-dealkylation sites (N-methyl/N-ethyl adjacent to an activating group) is 1. The highest BCUT2D eigenvalue weighted by Gasteiger charge is 2.15. The summed E-state index contributed by atoms with van der Waals surface area (Å²) in [5, 5.41) is 3.49. The van der Waals surface area contributed by atoms with E-state index in [1.54, 1.807) is 0 Å². The summed E-state index contributed by atoms with van der Waals surface area (Å²) in [5.41, 5.74) is 1.35. The van der Waals surface area contributed by atoms with Crippen LogP contribution in [0.2, 0.25) is 0 Å². The molecule has 1 N–H and O–H groups in total. The highest BCUT2D eigenvalue weighted by atomic mass is 16.5. The Morgan fingerprint density at radius 2 is 2.11 bits per heavy atom. The second kappa shape index (κ2) is 8.31. The van der Waals surface area contributed by atoms with Gasteiger partial charge < -0.3 is 15.0 Å². The van der Waals surface area contributed by atoms with Crippen molar-refractivity contribution < 1.29 is 4.74 Å². The van der Waals surface area contributed by atoms with E-state index >= 15 is 0 Å². The largest absolute Gasteiger partial charge is 0.377 e. The Bertz CT molecular complexity index is 336. The van der Waals surface area contributed by atoms with E-state index in [-0.39, 0.29) is 0 Å². The Morgan fingerprint density at radius 3 is 2.84 bits per heavy atom. The molecule has 1 saturated heterocycles. The molecule has 3 heteroatoms. The van der Waals surface area contributed by atoms with Crippen molar-refractivity contribution in [2.24, 2.45) is 0 Å². The number of nitrogens with one attached hydrogen (secondary N) is 1. The van der Waals surface area contributed by atoms with Gasteiger partial charge in [0.1, 0.15) is 0 Å². The minimum Gasteiger partial charge on any atom is -0.377 e. The molecule has 0 radical (unpaired) electrons. The van der Waals surface area contributed by atoms with Gasteiger partial charge in [0, 0.05) is 32.8 Å². The predicted molar refractivity (Wildman–Crippen MR) is 79.2 cm³/mol. The standard InChI is InChI=1S/C16H26N2O/c1-18(14-16-9-5-6-12-19-16)11-10-17-13-15-7-3-2-4-8-15/h2-4,7-8,16-17H,5-6,9-14H2,1H3. The van der Waals surface area contributed by atoms with Crippen LogP contribution in [0.4, 0.5) is 0 Å². The van der Waals surface area contributed by atoms with E-state index in [0.29, 0.717) is 6.10 Å². The average molecular weight is 262 g/mol. The quantitative estimate of drug-likeness (QED) is 0.763. The second-order valence-electron chi connectivity index (χ2n) is 5.41. The van der Waals surface area contributed by atoms with E-state index in [2.05, 4.69) is 47.6 Å². The van der Waals surface area contributed by atoms with Crippen molar-refractivity contribution in [3.05, 3.63) is 35.9 Å². The Kier molecular flexibility index (Phi) is 6.34. The summed E-state index contributed by atoms with van der Waals surface area (Å²) in [5.74, 6) is 0. The SMILES string of the molecule is CN(CCNCc1ccccc1)CC1CCCCO1. The lowest BCUT2D eigenvalue weighted by Crippen LogP contribution is -2.37. The number of hydrogen-bond acceptors (Lipinski definition) is 3. The van der Waals surface area contributed by atoms with Crippen LogP contribution in [0, 0.1) is 0 Å². The smallest absolute Gasteiger partial charge is 0.0701 e. The first kappa shape index (κ1) is 14.5. The summed E-state index contributed by atoms with van der Waals surface area (Å²) in [6, 6.07) is 10.5. The van der Waals surface area contributed by atoms with E-state index < -0.39 is 0 Å². The highest BCUT2D eigenvalue weighted by molar-refractivity contribution is 5.14. The zero-order valence-corrected chi connectivity index (χ0v) is 12.0. The molecule has 0 saturated carbocycles. The van der Waals surface area contributed by atoms with Crippen molar-refractivity contribution in [3.8, 4) is 0 Å². The maximum absolute atomic E-state index is 5.76. The fraction of sp³-hybridized carbons (Fsp3) is 0.625. The molecule has 0 amide bonds. The summed E-state index contributed by atoms with van der Waals surface area (Å²) >= 11 is 0. The number of hydrogen-bond donors (Lipinski definition) is 1. The van der Waals surface area contributed by atoms with Gasteiger partial charge in [0.05, 0.1) is 6.10 Å². The summed E-state index contributed by atoms with van der Waals surface area (Å²) in [7, 11) is 2.18. The summed E-state index contributed by atoms with van der Waals surface area (Å²) in [6.45, 7) is 5.07. The van der Waals surface area contributed by atoms with Crippen LogP contribution in [0.1, 0.15) is 24.8 Å². The lowest BCUT2D eigenvalue weighted by atomic mass is 10.1. The van der Waals surface area contributed by atoms with Gasteiger partial charge in [-0.1, -0.05) is 30.3 Å². The molecule has 106 valence electrons. The minimum absolute atomic E-state index is 0.452. The molecular weight excluding hydrogens is 236 g/mol. The minimum atomic E-state index is 0.452. The van der Waals surface area contributed by atoms with Crippen LogP contribution in [0.3, 0.4) is 0 Å². The molecule has 1 aromatic rings. The van der Waals surface area contributed by atoms with Gasteiger partial charge in [0.25, 0.3) is 0 Å². The second-order valence-corrected chi connectivity index (χ2v) is 5.41. The molecule has 1 aliphatic heterocycles. The zero-order chi connectivity index (χ0) is 13.3. The van der Waals surface area contributed by atoms with Gasteiger partial charge in [-0.25, -0.2) is 0 Å². The maximum atomic E-state index is 5.76. The number of rotatable bonds is 7. The molecule has 0 spiro atoms. The molecule has 1 atom stereocenters.